The molecule has 2 aromatic rings. The van der Waals surface area contributed by atoms with Gasteiger partial charge in [0.05, 0.1) is 33.4 Å². The first-order valence-electron chi connectivity index (χ1n) is 11.3. The third kappa shape index (κ3) is 5.87. The van der Waals surface area contributed by atoms with E-state index in [9.17, 15) is 0 Å². The van der Waals surface area contributed by atoms with Crippen LogP contribution in [-0.2, 0) is 4.74 Å². The van der Waals surface area contributed by atoms with Crippen LogP contribution in [0.1, 0.15) is 11.4 Å². The van der Waals surface area contributed by atoms with E-state index in [1.807, 2.05) is 36.4 Å². The van der Waals surface area contributed by atoms with Gasteiger partial charge in [0.2, 0.25) is 5.82 Å². The number of anilines is 3. The number of morpholine rings is 1. The smallest absolute Gasteiger partial charge is 0.263 e. The Hall–Kier alpha value is -2.88. The summed E-state index contributed by atoms with van der Waals surface area (Å²) in [5.41, 5.74) is 8.26. The monoisotopic (exact) mass is 440 g/mol. The topological polar surface area (TPSA) is 102 Å². The van der Waals surface area contributed by atoms with Crippen molar-refractivity contribution in [2.24, 2.45) is 0 Å². The van der Waals surface area contributed by atoms with Crippen LogP contribution in [0.25, 0.3) is 12.2 Å². The molecule has 2 saturated heterocycles. The number of nitrogen functional groups attached to an aromatic ring is 1. The Morgan fingerprint density at radius 2 is 1.91 bits per heavy atom. The third-order valence-electron chi connectivity index (χ3n) is 5.80. The van der Waals surface area contributed by atoms with Crippen molar-refractivity contribution < 1.29 is 14.5 Å². The molecule has 2 aliphatic rings. The summed E-state index contributed by atoms with van der Waals surface area (Å²) < 4.78 is 10.8. The summed E-state index contributed by atoms with van der Waals surface area (Å²) in [5.74, 6) is 3.20. The molecule has 2 fully saturated rings. The van der Waals surface area contributed by atoms with Crippen molar-refractivity contribution in [3.8, 4) is 5.75 Å². The highest BCUT2D eigenvalue weighted by molar-refractivity contribution is 5.75. The number of hydrogen-bond acceptors (Lipinski definition) is 8. The van der Waals surface area contributed by atoms with E-state index in [2.05, 4.69) is 25.4 Å². The van der Waals surface area contributed by atoms with Gasteiger partial charge in [0.15, 0.2) is 5.69 Å². The highest BCUT2D eigenvalue weighted by Crippen LogP contribution is 2.26. The van der Waals surface area contributed by atoms with Gasteiger partial charge in [0, 0.05) is 45.3 Å². The number of nitrogens with two attached hydrogens (primary N) is 1. The Kier molecular flexibility index (Phi) is 7.76. The van der Waals surface area contributed by atoms with Crippen molar-refractivity contribution in [3.05, 3.63) is 35.7 Å². The van der Waals surface area contributed by atoms with Crippen molar-refractivity contribution in [2.45, 2.75) is 0 Å². The normalized spacial score (nSPS) is 17.6. The Balaban J connectivity index is 1.52. The van der Waals surface area contributed by atoms with Gasteiger partial charge in [-0.1, -0.05) is 17.1 Å². The predicted octanol–water partition coefficient (Wildman–Crippen LogP) is 0.811. The largest absolute Gasteiger partial charge is 0.497 e. The number of methoxy groups -OCH3 is 1. The molecule has 0 spiro atoms. The van der Waals surface area contributed by atoms with Crippen molar-refractivity contribution in [3.63, 3.8) is 0 Å². The fourth-order valence-electron chi connectivity index (χ4n) is 3.92. The maximum absolute atomic E-state index is 6.54. The van der Waals surface area contributed by atoms with Gasteiger partial charge in [-0.25, -0.2) is 4.98 Å². The van der Waals surface area contributed by atoms with Gasteiger partial charge in [-0.3, -0.25) is 9.80 Å². The summed E-state index contributed by atoms with van der Waals surface area (Å²) in [6, 6.07) is 7.93. The first-order chi connectivity index (χ1) is 15.7. The number of rotatable bonds is 8. The lowest BCUT2D eigenvalue weighted by molar-refractivity contribution is -0.371. The second-order valence-corrected chi connectivity index (χ2v) is 7.96. The van der Waals surface area contributed by atoms with E-state index in [0.29, 0.717) is 18.9 Å². The second kappa shape index (κ2) is 11.1. The summed E-state index contributed by atoms with van der Waals surface area (Å²) in [4.78, 5) is 12.9. The van der Waals surface area contributed by atoms with Gasteiger partial charge in [-0.2, -0.15) is 0 Å². The zero-order valence-corrected chi connectivity index (χ0v) is 18.8. The van der Waals surface area contributed by atoms with Crippen LogP contribution >= 0.6 is 0 Å². The molecular formula is C23H34N7O2+. The number of hydrogen-bond donors (Lipinski definition) is 3. The minimum Gasteiger partial charge on any atom is -0.497 e. The van der Waals surface area contributed by atoms with Gasteiger partial charge in [0.25, 0.3) is 11.6 Å². The number of nitrogens with zero attached hydrogens (tertiary/aromatic N) is 3. The van der Waals surface area contributed by atoms with E-state index in [0.717, 1.165) is 81.1 Å². The van der Waals surface area contributed by atoms with E-state index in [-0.39, 0.29) is 0 Å². The van der Waals surface area contributed by atoms with Crippen LogP contribution in [0.3, 0.4) is 0 Å². The van der Waals surface area contributed by atoms with E-state index < -0.39 is 0 Å². The number of ether oxygens (including phenoxy) is 2. The van der Waals surface area contributed by atoms with Gasteiger partial charge >= 0.3 is 0 Å². The summed E-state index contributed by atoms with van der Waals surface area (Å²) in [6.07, 6.45) is 4.01. The highest BCUT2D eigenvalue weighted by Gasteiger charge is 2.25. The van der Waals surface area contributed by atoms with Gasteiger partial charge in [-0.05, 0) is 23.8 Å². The van der Waals surface area contributed by atoms with Crippen LogP contribution < -0.4 is 31.0 Å². The predicted molar refractivity (Wildman–Crippen MR) is 128 cm³/mol. The molecule has 0 bridgehead atoms. The van der Waals surface area contributed by atoms with Crippen LogP contribution in [0.5, 0.6) is 5.75 Å². The lowest BCUT2D eigenvalue weighted by Gasteiger charge is -2.27. The van der Waals surface area contributed by atoms with Crippen LogP contribution in [0, 0.1) is 0 Å². The third-order valence-corrected chi connectivity index (χ3v) is 5.80. The number of aromatic amines is 1. The summed E-state index contributed by atoms with van der Waals surface area (Å²) in [7, 11) is 1.67. The second-order valence-electron chi connectivity index (χ2n) is 7.96. The number of H-pyrrole nitrogens is 1. The van der Waals surface area contributed by atoms with Gasteiger partial charge < -0.3 is 25.8 Å². The quantitative estimate of drug-likeness (QED) is 0.554. The molecule has 5 N–H and O–H groups in total. The zero-order valence-electron chi connectivity index (χ0n) is 18.8. The van der Waals surface area contributed by atoms with Crippen molar-refractivity contribution in [1.82, 2.24) is 15.2 Å². The van der Waals surface area contributed by atoms with Crippen molar-refractivity contribution >= 4 is 29.5 Å². The first kappa shape index (κ1) is 22.3. The van der Waals surface area contributed by atoms with E-state index in [4.69, 9.17) is 20.2 Å². The molecule has 4 rings (SSSR count). The number of nitrogens with one attached hydrogen (secondary N) is 3. The number of aromatic nitrogens is 2. The van der Waals surface area contributed by atoms with Crippen LogP contribution in [0.2, 0.25) is 0 Å². The van der Waals surface area contributed by atoms with E-state index >= 15 is 0 Å². The van der Waals surface area contributed by atoms with E-state index in [1.165, 1.54) is 0 Å². The molecule has 2 aliphatic heterocycles. The fraction of sp³-hybridized carbons (Fsp3) is 0.478. The summed E-state index contributed by atoms with van der Waals surface area (Å²) in [5, 5.41) is 6.86. The molecule has 172 valence electrons. The number of benzene rings is 1. The molecule has 0 unspecified atom stereocenters. The van der Waals surface area contributed by atoms with Crippen molar-refractivity contribution in [1.29, 1.82) is 0 Å². The maximum atomic E-state index is 6.54. The van der Waals surface area contributed by atoms with Gasteiger partial charge in [-0.15, -0.1) is 0 Å². The zero-order chi connectivity index (χ0) is 22.2. The first-order valence-corrected chi connectivity index (χ1v) is 11.3. The van der Waals surface area contributed by atoms with Gasteiger partial charge in [0.1, 0.15) is 5.75 Å². The minimum absolute atomic E-state index is 0.647. The molecule has 3 heterocycles. The molecule has 0 radical (unpaired) electrons. The van der Waals surface area contributed by atoms with Crippen molar-refractivity contribution in [2.75, 3.05) is 88.6 Å². The molecule has 1 aromatic heterocycles. The summed E-state index contributed by atoms with van der Waals surface area (Å²) in [6.45, 7) is 8.97. The Labute approximate surface area is 189 Å². The molecule has 0 atom stereocenters. The average Bonchev–Trinajstić information content (AvgIpc) is 2.85. The fourth-order valence-corrected chi connectivity index (χ4v) is 3.92. The average molecular weight is 441 g/mol. The molecular weight excluding hydrogens is 406 g/mol. The molecule has 9 nitrogen and oxygen atoms in total. The Bertz CT molecular complexity index is 892. The van der Waals surface area contributed by atoms with E-state index in [1.54, 1.807) is 7.11 Å². The highest BCUT2D eigenvalue weighted by atomic mass is 16.5. The maximum Gasteiger partial charge on any atom is 0.263 e. The lowest BCUT2D eigenvalue weighted by Crippen LogP contribution is -2.45. The Morgan fingerprint density at radius 1 is 1.16 bits per heavy atom. The van der Waals surface area contributed by atoms with Crippen LogP contribution in [0.15, 0.2) is 24.3 Å². The van der Waals surface area contributed by atoms with Crippen LogP contribution in [-0.4, -0.2) is 82.6 Å². The summed E-state index contributed by atoms with van der Waals surface area (Å²) >= 11 is 0. The SMILES string of the molecule is COc1ccc(C=Cc2nc(NCCN3CCNCC3)c(N)c(N3CCOCC3)[nH+]2)cc1. The molecule has 9 heteroatoms. The standard InChI is InChI=1S/C23H33N7O2/c1-31-19-5-2-18(3-6-19)4-7-20-27-22(26-10-13-29-11-8-25-9-12-29)21(24)23(28-20)30-14-16-32-17-15-30/h2-7,25H,8-17,24H2,1H3,(H,26,27,28)/p+1. The Morgan fingerprint density at radius 3 is 2.62 bits per heavy atom. The molecule has 0 amide bonds. The number of piperazine rings is 1. The molecule has 32 heavy (non-hydrogen) atoms. The minimum atomic E-state index is 0.647. The molecule has 1 aromatic carbocycles. The lowest BCUT2D eigenvalue weighted by atomic mass is 10.2. The van der Waals surface area contributed by atoms with Crippen LogP contribution in [0.4, 0.5) is 17.3 Å². The molecule has 0 saturated carbocycles. The molecule has 0 aliphatic carbocycles.